The van der Waals surface area contributed by atoms with Crippen LogP contribution in [-0.2, 0) is 4.74 Å². The van der Waals surface area contributed by atoms with Gasteiger partial charge in [0, 0.05) is 22.2 Å². The number of fused-ring (bicyclic) bond motifs is 1. The standard InChI is InChI=1S/C10H12OS2/c1-2-11-10-7-12-8-5-3-4-6-9(8)13-10/h3-6,10H,2,7H2,1H3. The second-order valence-electron chi connectivity index (χ2n) is 2.76. The summed E-state index contributed by atoms with van der Waals surface area (Å²) >= 11 is 3.73. The van der Waals surface area contributed by atoms with E-state index in [1.54, 1.807) is 0 Å². The smallest absolute Gasteiger partial charge is 0.117 e. The van der Waals surface area contributed by atoms with Crippen LogP contribution < -0.4 is 0 Å². The molecular weight excluding hydrogens is 200 g/mol. The van der Waals surface area contributed by atoms with Crippen molar-refractivity contribution < 1.29 is 4.74 Å². The second-order valence-corrected chi connectivity index (χ2v) is 5.02. The molecule has 0 amide bonds. The summed E-state index contributed by atoms with van der Waals surface area (Å²) in [6, 6.07) is 8.52. The molecule has 0 radical (unpaired) electrons. The Morgan fingerprint density at radius 3 is 2.92 bits per heavy atom. The Labute approximate surface area is 87.2 Å². The third-order valence-electron chi connectivity index (χ3n) is 1.84. The number of ether oxygens (including phenoxy) is 1. The zero-order valence-corrected chi connectivity index (χ0v) is 9.16. The largest absolute Gasteiger partial charge is 0.367 e. The molecule has 0 saturated heterocycles. The molecule has 1 aliphatic heterocycles. The van der Waals surface area contributed by atoms with E-state index in [0.29, 0.717) is 5.44 Å². The molecule has 1 aromatic rings. The van der Waals surface area contributed by atoms with Gasteiger partial charge in [-0.25, -0.2) is 0 Å². The Hall–Kier alpha value is -0.120. The minimum Gasteiger partial charge on any atom is -0.367 e. The van der Waals surface area contributed by atoms with Crippen molar-refractivity contribution in [3.63, 3.8) is 0 Å². The van der Waals surface area contributed by atoms with Gasteiger partial charge in [-0.1, -0.05) is 23.9 Å². The quantitative estimate of drug-likeness (QED) is 0.745. The summed E-state index contributed by atoms with van der Waals surface area (Å²) in [5.41, 5.74) is 0.338. The predicted octanol–water partition coefficient (Wildman–Crippen LogP) is 3.25. The van der Waals surface area contributed by atoms with Gasteiger partial charge in [-0.05, 0) is 19.1 Å². The zero-order chi connectivity index (χ0) is 9.10. The highest BCUT2D eigenvalue weighted by Gasteiger charge is 2.18. The molecule has 0 fully saturated rings. The average Bonchev–Trinajstić information content (AvgIpc) is 2.18. The highest BCUT2D eigenvalue weighted by atomic mass is 32.2. The van der Waals surface area contributed by atoms with Crippen LogP contribution in [0.3, 0.4) is 0 Å². The maximum absolute atomic E-state index is 5.58. The molecule has 0 aliphatic carbocycles. The number of rotatable bonds is 2. The van der Waals surface area contributed by atoms with E-state index in [4.69, 9.17) is 4.74 Å². The highest BCUT2D eigenvalue weighted by molar-refractivity contribution is 8.06. The molecule has 1 aliphatic rings. The highest BCUT2D eigenvalue weighted by Crippen LogP contribution is 2.40. The van der Waals surface area contributed by atoms with E-state index in [1.165, 1.54) is 9.79 Å². The van der Waals surface area contributed by atoms with Crippen molar-refractivity contribution in [1.29, 1.82) is 0 Å². The monoisotopic (exact) mass is 212 g/mol. The molecule has 70 valence electrons. The lowest BCUT2D eigenvalue weighted by molar-refractivity contribution is 0.139. The molecule has 0 spiro atoms. The second kappa shape index (κ2) is 4.40. The van der Waals surface area contributed by atoms with Gasteiger partial charge < -0.3 is 4.74 Å². The van der Waals surface area contributed by atoms with Gasteiger partial charge in [-0.3, -0.25) is 0 Å². The van der Waals surface area contributed by atoms with Crippen LogP contribution in [-0.4, -0.2) is 17.8 Å². The molecule has 3 heteroatoms. The fourth-order valence-corrected chi connectivity index (χ4v) is 3.69. The van der Waals surface area contributed by atoms with Gasteiger partial charge in [-0.15, -0.1) is 11.8 Å². The van der Waals surface area contributed by atoms with Crippen molar-refractivity contribution in [2.75, 3.05) is 12.4 Å². The Bertz CT molecular complexity index is 288. The van der Waals surface area contributed by atoms with E-state index in [0.717, 1.165) is 12.4 Å². The van der Waals surface area contributed by atoms with Crippen molar-refractivity contribution >= 4 is 23.5 Å². The third-order valence-corrected chi connectivity index (χ3v) is 4.49. The van der Waals surface area contributed by atoms with Crippen molar-refractivity contribution in [2.45, 2.75) is 22.2 Å². The van der Waals surface area contributed by atoms with Crippen LogP contribution in [0.25, 0.3) is 0 Å². The Morgan fingerprint density at radius 2 is 2.15 bits per heavy atom. The molecule has 1 atom stereocenters. The number of benzene rings is 1. The molecule has 2 rings (SSSR count). The van der Waals surface area contributed by atoms with E-state index < -0.39 is 0 Å². The van der Waals surface area contributed by atoms with Crippen LogP contribution in [0.2, 0.25) is 0 Å². The van der Waals surface area contributed by atoms with Crippen LogP contribution in [0.4, 0.5) is 0 Å². The first kappa shape index (κ1) is 9.44. The van der Waals surface area contributed by atoms with Crippen LogP contribution >= 0.6 is 23.5 Å². The SMILES string of the molecule is CCOC1CSc2ccccc2S1. The predicted molar refractivity (Wildman–Crippen MR) is 58.4 cm³/mol. The van der Waals surface area contributed by atoms with Crippen molar-refractivity contribution in [3.8, 4) is 0 Å². The molecule has 0 saturated carbocycles. The maximum atomic E-state index is 5.58. The number of thioether (sulfide) groups is 2. The molecule has 0 N–H and O–H groups in total. The van der Waals surface area contributed by atoms with Crippen LogP contribution in [0.5, 0.6) is 0 Å². The van der Waals surface area contributed by atoms with E-state index in [-0.39, 0.29) is 0 Å². The van der Waals surface area contributed by atoms with Crippen LogP contribution in [0, 0.1) is 0 Å². The Kier molecular flexibility index (Phi) is 3.19. The molecule has 0 bridgehead atoms. The summed E-state index contributed by atoms with van der Waals surface area (Å²) in [6.07, 6.45) is 0. The van der Waals surface area contributed by atoms with Gasteiger partial charge in [0.1, 0.15) is 5.44 Å². The number of hydrogen-bond acceptors (Lipinski definition) is 3. The first-order chi connectivity index (χ1) is 6.40. The molecule has 0 aromatic heterocycles. The van der Waals surface area contributed by atoms with Gasteiger partial charge >= 0.3 is 0 Å². The van der Waals surface area contributed by atoms with Crippen molar-refractivity contribution in [2.24, 2.45) is 0 Å². The minimum absolute atomic E-state index is 0.338. The van der Waals surface area contributed by atoms with E-state index >= 15 is 0 Å². The molecule has 1 unspecified atom stereocenters. The summed E-state index contributed by atoms with van der Waals surface area (Å²) in [5.74, 6) is 1.06. The first-order valence-corrected chi connectivity index (χ1v) is 6.26. The van der Waals surface area contributed by atoms with Gasteiger partial charge in [0.2, 0.25) is 0 Å². The van der Waals surface area contributed by atoms with E-state index in [1.807, 2.05) is 30.4 Å². The maximum Gasteiger partial charge on any atom is 0.117 e. The van der Waals surface area contributed by atoms with Crippen LogP contribution in [0.15, 0.2) is 34.1 Å². The summed E-state index contributed by atoms with van der Waals surface area (Å²) in [6.45, 7) is 2.85. The summed E-state index contributed by atoms with van der Waals surface area (Å²) in [5, 5.41) is 0. The fraction of sp³-hybridized carbons (Fsp3) is 0.400. The fourth-order valence-electron chi connectivity index (χ4n) is 1.27. The van der Waals surface area contributed by atoms with Gasteiger partial charge in [0.05, 0.1) is 0 Å². The van der Waals surface area contributed by atoms with Gasteiger partial charge in [0.25, 0.3) is 0 Å². The first-order valence-electron chi connectivity index (χ1n) is 4.40. The molecular formula is C10H12OS2. The molecule has 13 heavy (non-hydrogen) atoms. The third kappa shape index (κ3) is 2.22. The average molecular weight is 212 g/mol. The van der Waals surface area contributed by atoms with Crippen molar-refractivity contribution in [3.05, 3.63) is 24.3 Å². The Balaban J connectivity index is 2.11. The molecule has 1 nitrogen and oxygen atoms in total. The zero-order valence-electron chi connectivity index (χ0n) is 7.53. The lowest BCUT2D eigenvalue weighted by Gasteiger charge is -2.22. The van der Waals surface area contributed by atoms with Crippen LogP contribution in [0.1, 0.15) is 6.92 Å². The van der Waals surface area contributed by atoms with E-state index in [9.17, 15) is 0 Å². The summed E-state index contributed by atoms with van der Waals surface area (Å²) < 4.78 is 5.58. The molecule has 1 aromatic carbocycles. The molecule has 1 heterocycles. The summed E-state index contributed by atoms with van der Waals surface area (Å²) in [4.78, 5) is 2.75. The lowest BCUT2D eigenvalue weighted by Crippen LogP contribution is -2.14. The van der Waals surface area contributed by atoms with Gasteiger partial charge in [-0.2, -0.15) is 0 Å². The minimum atomic E-state index is 0.338. The van der Waals surface area contributed by atoms with E-state index in [2.05, 4.69) is 24.3 Å². The van der Waals surface area contributed by atoms with Gasteiger partial charge in [0.15, 0.2) is 0 Å². The number of hydrogen-bond donors (Lipinski definition) is 0. The topological polar surface area (TPSA) is 9.23 Å². The summed E-state index contributed by atoms with van der Waals surface area (Å²) in [7, 11) is 0. The van der Waals surface area contributed by atoms with Crippen molar-refractivity contribution in [1.82, 2.24) is 0 Å². The Morgan fingerprint density at radius 1 is 1.38 bits per heavy atom. The normalized spacial score (nSPS) is 21.2. The lowest BCUT2D eigenvalue weighted by atomic mass is 10.4.